The van der Waals surface area contributed by atoms with Crippen LogP contribution >= 0.6 is 0 Å². The zero-order valence-electron chi connectivity index (χ0n) is 14.1. The van der Waals surface area contributed by atoms with Gasteiger partial charge in [-0.05, 0) is 39.5 Å². The number of likely N-dealkylation sites (tertiary alicyclic amines) is 1. The summed E-state index contributed by atoms with van der Waals surface area (Å²) < 4.78 is 13.5. The molecule has 0 N–H and O–H groups in total. The lowest BCUT2D eigenvalue weighted by Crippen LogP contribution is -2.45. The minimum absolute atomic E-state index is 0.0884. The highest BCUT2D eigenvalue weighted by atomic mass is 16.5. The molecule has 0 aromatic carbocycles. The van der Waals surface area contributed by atoms with Gasteiger partial charge in [0.25, 0.3) is 5.91 Å². The molecule has 3 atom stereocenters. The van der Waals surface area contributed by atoms with E-state index in [0.717, 1.165) is 51.2 Å². The molecule has 2 aliphatic rings. The highest BCUT2D eigenvalue weighted by molar-refractivity contribution is 5.80. The second-order valence-corrected chi connectivity index (χ2v) is 6.57. The van der Waals surface area contributed by atoms with E-state index in [2.05, 4.69) is 9.55 Å². The fourth-order valence-electron chi connectivity index (χ4n) is 3.51. The van der Waals surface area contributed by atoms with Crippen LogP contribution in [0.5, 0.6) is 0 Å². The molecule has 23 heavy (non-hydrogen) atoms. The van der Waals surface area contributed by atoms with Crippen molar-refractivity contribution in [1.82, 2.24) is 14.5 Å². The minimum Gasteiger partial charge on any atom is -0.376 e. The summed E-state index contributed by atoms with van der Waals surface area (Å²) in [6, 6.07) is 0.320. The van der Waals surface area contributed by atoms with Gasteiger partial charge in [0.1, 0.15) is 11.9 Å². The third-order valence-corrected chi connectivity index (χ3v) is 4.87. The maximum atomic E-state index is 12.6. The number of aromatic nitrogens is 2. The van der Waals surface area contributed by atoms with Gasteiger partial charge >= 0.3 is 0 Å². The lowest BCUT2D eigenvalue weighted by Gasteiger charge is -2.35. The van der Waals surface area contributed by atoms with Gasteiger partial charge in [-0.3, -0.25) is 4.79 Å². The van der Waals surface area contributed by atoms with Crippen LogP contribution in [-0.2, 0) is 14.3 Å². The molecule has 0 bridgehead atoms. The summed E-state index contributed by atoms with van der Waals surface area (Å²) in [6.07, 6.45) is 7.82. The predicted octanol–water partition coefficient (Wildman–Crippen LogP) is 1.94. The zero-order chi connectivity index (χ0) is 16.2. The first kappa shape index (κ1) is 16.5. The quantitative estimate of drug-likeness (QED) is 0.831. The third-order valence-electron chi connectivity index (χ3n) is 4.87. The van der Waals surface area contributed by atoms with Crippen molar-refractivity contribution in [3.8, 4) is 0 Å². The SMILES string of the molecule is Cc1nccn1[C@@H]1CCCN(C(=O)[C@@H](C)OC[C@H]2CCCO2)C1. The average Bonchev–Trinajstić information content (AvgIpc) is 3.23. The first-order valence-corrected chi connectivity index (χ1v) is 8.66. The number of carbonyl (C=O) groups is 1. The van der Waals surface area contributed by atoms with Gasteiger partial charge in [-0.15, -0.1) is 0 Å². The van der Waals surface area contributed by atoms with E-state index in [-0.39, 0.29) is 12.0 Å². The second kappa shape index (κ2) is 7.45. The monoisotopic (exact) mass is 321 g/mol. The molecule has 6 heteroatoms. The summed E-state index contributed by atoms with van der Waals surface area (Å²) in [7, 11) is 0. The molecule has 1 amide bonds. The molecule has 2 saturated heterocycles. The summed E-state index contributed by atoms with van der Waals surface area (Å²) in [5.74, 6) is 1.09. The van der Waals surface area contributed by atoms with Crippen LogP contribution < -0.4 is 0 Å². The number of ether oxygens (including phenoxy) is 2. The molecular formula is C17H27N3O3. The molecule has 0 spiro atoms. The Labute approximate surface area is 137 Å². The van der Waals surface area contributed by atoms with Crippen molar-refractivity contribution in [3.05, 3.63) is 18.2 Å². The number of rotatable bonds is 5. The van der Waals surface area contributed by atoms with Crippen molar-refractivity contribution in [2.75, 3.05) is 26.3 Å². The van der Waals surface area contributed by atoms with Crippen molar-refractivity contribution in [3.63, 3.8) is 0 Å². The summed E-state index contributed by atoms with van der Waals surface area (Å²) in [4.78, 5) is 18.9. The number of carbonyl (C=O) groups excluding carboxylic acids is 1. The molecule has 1 aromatic heterocycles. The number of piperidine rings is 1. The Hall–Kier alpha value is -1.40. The van der Waals surface area contributed by atoms with Crippen LogP contribution in [0.15, 0.2) is 12.4 Å². The van der Waals surface area contributed by atoms with Gasteiger partial charge in [-0.1, -0.05) is 0 Å². The number of amides is 1. The fraction of sp³-hybridized carbons (Fsp3) is 0.765. The maximum absolute atomic E-state index is 12.6. The number of hydrogen-bond donors (Lipinski definition) is 0. The van der Waals surface area contributed by atoms with E-state index in [4.69, 9.17) is 9.47 Å². The van der Waals surface area contributed by atoms with Crippen LogP contribution in [0.25, 0.3) is 0 Å². The van der Waals surface area contributed by atoms with Crippen molar-refractivity contribution in [2.45, 2.75) is 57.8 Å². The number of hydrogen-bond acceptors (Lipinski definition) is 4. The minimum atomic E-state index is -0.401. The van der Waals surface area contributed by atoms with Crippen LogP contribution in [0, 0.1) is 6.92 Å². The Morgan fingerprint density at radius 1 is 1.48 bits per heavy atom. The van der Waals surface area contributed by atoms with Crippen molar-refractivity contribution < 1.29 is 14.3 Å². The summed E-state index contributed by atoms with van der Waals surface area (Å²) in [6.45, 7) is 6.75. The molecule has 3 rings (SSSR count). The first-order chi connectivity index (χ1) is 11.1. The number of aryl methyl sites for hydroxylation is 1. The van der Waals surface area contributed by atoms with Crippen LogP contribution in [0.2, 0.25) is 0 Å². The Morgan fingerprint density at radius 3 is 3.04 bits per heavy atom. The summed E-state index contributed by atoms with van der Waals surface area (Å²) in [5, 5.41) is 0. The van der Waals surface area contributed by atoms with Crippen LogP contribution in [0.3, 0.4) is 0 Å². The third kappa shape index (κ3) is 3.93. The molecule has 0 unspecified atom stereocenters. The molecule has 2 fully saturated rings. The first-order valence-electron chi connectivity index (χ1n) is 8.66. The summed E-state index contributed by atoms with van der Waals surface area (Å²) >= 11 is 0. The molecule has 0 radical (unpaired) electrons. The highest BCUT2D eigenvalue weighted by Gasteiger charge is 2.29. The van der Waals surface area contributed by atoms with Gasteiger partial charge in [0.15, 0.2) is 0 Å². The number of imidazole rings is 1. The van der Waals surface area contributed by atoms with Gasteiger partial charge in [0.05, 0.1) is 18.8 Å². The van der Waals surface area contributed by atoms with Gasteiger partial charge < -0.3 is 18.9 Å². The molecule has 3 heterocycles. The van der Waals surface area contributed by atoms with Crippen LogP contribution in [-0.4, -0.2) is 58.9 Å². The molecule has 128 valence electrons. The highest BCUT2D eigenvalue weighted by Crippen LogP contribution is 2.23. The lowest BCUT2D eigenvalue weighted by atomic mass is 10.0. The Balaban J connectivity index is 1.52. The largest absolute Gasteiger partial charge is 0.376 e. The van der Waals surface area contributed by atoms with Gasteiger partial charge in [-0.25, -0.2) is 4.98 Å². The molecule has 0 aliphatic carbocycles. The lowest BCUT2D eigenvalue weighted by molar-refractivity contribution is -0.146. The van der Waals surface area contributed by atoms with Gasteiger partial charge in [0.2, 0.25) is 0 Å². The van der Waals surface area contributed by atoms with E-state index in [9.17, 15) is 4.79 Å². The van der Waals surface area contributed by atoms with E-state index in [1.807, 2.05) is 31.1 Å². The fourth-order valence-corrected chi connectivity index (χ4v) is 3.51. The smallest absolute Gasteiger partial charge is 0.251 e. The normalized spacial score (nSPS) is 26.4. The van der Waals surface area contributed by atoms with E-state index < -0.39 is 6.10 Å². The molecule has 6 nitrogen and oxygen atoms in total. The van der Waals surface area contributed by atoms with E-state index in [1.54, 1.807) is 0 Å². The Kier molecular flexibility index (Phi) is 5.33. The summed E-state index contributed by atoms with van der Waals surface area (Å²) in [5.41, 5.74) is 0. The van der Waals surface area contributed by atoms with Gasteiger partial charge in [-0.2, -0.15) is 0 Å². The Morgan fingerprint density at radius 2 is 2.35 bits per heavy atom. The van der Waals surface area contributed by atoms with Crippen molar-refractivity contribution in [1.29, 1.82) is 0 Å². The van der Waals surface area contributed by atoms with Crippen LogP contribution in [0.1, 0.15) is 44.5 Å². The van der Waals surface area contributed by atoms with E-state index in [1.165, 1.54) is 0 Å². The predicted molar refractivity (Wildman–Crippen MR) is 86.2 cm³/mol. The van der Waals surface area contributed by atoms with Crippen molar-refractivity contribution in [2.24, 2.45) is 0 Å². The molecule has 1 aromatic rings. The zero-order valence-corrected chi connectivity index (χ0v) is 14.1. The number of nitrogens with zero attached hydrogens (tertiary/aromatic N) is 3. The standard InChI is InChI=1S/C17H27N3O3/c1-13(23-12-16-6-4-10-22-16)17(21)19-8-3-5-15(11-19)20-9-7-18-14(20)2/h7,9,13,15-16H,3-6,8,10-12H2,1-2H3/t13-,15-,16-/m1/s1. The molecule has 2 aliphatic heterocycles. The maximum Gasteiger partial charge on any atom is 0.251 e. The molecule has 0 saturated carbocycles. The molecular weight excluding hydrogens is 294 g/mol. The topological polar surface area (TPSA) is 56.6 Å². The van der Waals surface area contributed by atoms with Crippen molar-refractivity contribution >= 4 is 5.91 Å². The average molecular weight is 321 g/mol. The van der Waals surface area contributed by atoms with E-state index >= 15 is 0 Å². The van der Waals surface area contributed by atoms with Crippen LogP contribution in [0.4, 0.5) is 0 Å². The second-order valence-electron chi connectivity index (χ2n) is 6.57. The van der Waals surface area contributed by atoms with Gasteiger partial charge in [0, 0.05) is 32.1 Å². The Bertz CT molecular complexity index is 525. The van der Waals surface area contributed by atoms with E-state index in [0.29, 0.717) is 12.6 Å².